The van der Waals surface area contributed by atoms with E-state index in [0.717, 1.165) is 0 Å². The molecule has 0 fully saturated rings. The fraction of sp³-hybridized carbons (Fsp3) is 0.0909. The van der Waals surface area contributed by atoms with Crippen molar-refractivity contribution in [3.63, 3.8) is 0 Å². The molecule has 2 aromatic rings. The van der Waals surface area contributed by atoms with Crippen molar-refractivity contribution in [3.8, 4) is 5.75 Å². The van der Waals surface area contributed by atoms with Crippen LogP contribution in [0.15, 0.2) is 29.8 Å². The van der Waals surface area contributed by atoms with Crippen LogP contribution in [-0.2, 0) is 0 Å². The molecule has 0 atom stereocenters. The number of nitrogens with zero attached hydrogens (tertiary/aromatic N) is 1. The van der Waals surface area contributed by atoms with Gasteiger partial charge >= 0.3 is 0 Å². The van der Waals surface area contributed by atoms with Gasteiger partial charge in [-0.15, -0.1) is 11.3 Å². The van der Waals surface area contributed by atoms with Gasteiger partial charge in [-0.1, -0.05) is 6.07 Å². The Bertz CT molecular complexity index is 526. The number of nitrogens with two attached hydrogens (primary N) is 1. The van der Waals surface area contributed by atoms with Gasteiger partial charge in [0.25, 0.3) is 5.91 Å². The third-order valence-electron chi connectivity index (χ3n) is 2.18. The van der Waals surface area contributed by atoms with Gasteiger partial charge in [-0.3, -0.25) is 10.1 Å². The van der Waals surface area contributed by atoms with Crippen molar-refractivity contribution in [3.05, 3.63) is 35.3 Å². The molecule has 0 unspecified atom stereocenters. The lowest BCUT2D eigenvalue weighted by Crippen LogP contribution is -2.14. The van der Waals surface area contributed by atoms with Crippen LogP contribution in [0.3, 0.4) is 0 Å². The van der Waals surface area contributed by atoms with E-state index in [2.05, 4.69) is 10.3 Å². The standard InChI is InChI=1S/C11H11N3O2S/c1-16-8-4-2-3-7(9(8)12)10(15)14-11-13-5-6-17-11/h2-6H,12H2,1H3,(H,13,14,15). The molecule has 3 N–H and O–H groups in total. The maximum Gasteiger partial charge on any atom is 0.259 e. The van der Waals surface area contributed by atoms with Crippen LogP contribution in [0.1, 0.15) is 10.4 Å². The van der Waals surface area contributed by atoms with E-state index in [1.807, 2.05) is 0 Å². The molecule has 0 aliphatic rings. The molecule has 1 heterocycles. The summed E-state index contributed by atoms with van der Waals surface area (Å²) < 4.78 is 5.05. The number of benzene rings is 1. The Balaban J connectivity index is 2.25. The molecule has 17 heavy (non-hydrogen) atoms. The number of nitrogen functional groups attached to an aromatic ring is 1. The average Bonchev–Trinajstić information content (AvgIpc) is 2.82. The molecular weight excluding hydrogens is 238 g/mol. The van der Waals surface area contributed by atoms with Crippen LogP contribution < -0.4 is 15.8 Å². The van der Waals surface area contributed by atoms with E-state index in [0.29, 0.717) is 22.1 Å². The summed E-state index contributed by atoms with van der Waals surface area (Å²) in [5, 5.41) is 4.98. The number of nitrogens with one attached hydrogen (secondary N) is 1. The Morgan fingerprint density at radius 3 is 3.00 bits per heavy atom. The van der Waals surface area contributed by atoms with Crippen LogP contribution in [-0.4, -0.2) is 18.0 Å². The molecule has 0 radical (unpaired) electrons. The number of carbonyl (C=O) groups excluding carboxylic acids is 1. The molecule has 0 saturated heterocycles. The number of aromatic nitrogens is 1. The van der Waals surface area contributed by atoms with Gasteiger partial charge in [0.1, 0.15) is 5.75 Å². The summed E-state index contributed by atoms with van der Waals surface area (Å²) in [5.74, 6) is 0.188. The van der Waals surface area contributed by atoms with E-state index >= 15 is 0 Å². The highest BCUT2D eigenvalue weighted by Crippen LogP contribution is 2.25. The Labute approximate surface area is 102 Å². The first kappa shape index (κ1) is 11.4. The number of methoxy groups -OCH3 is 1. The van der Waals surface area contributed by atoms with Crippen LogP contribution >= 0.6 is 11.3 Å². The molecular formula is C11H11N3O2S. The summed E-state index contributed by atoms with van der Waals surface area (Å²) >= 11 is 1.35. The predicted octanol–water partition coefficient (Wildman–Crippen LogP) is 1.99. The number of rotatable bonds is 3. The predicted molar refractivity (Wildman–Crippen MR) is 67.5 cm³/mol. The molecule has 88 valence electrons. The monoisotopic (exact) mass is 249 g/mol. The van der Waals surface area contributed by atoms with Gasteiger partial charge in [0.15, 0.2) is 5.13 Å². The van der Waals surface area contributed by atoms with E-state index < -0.39 is 0 Å². The lowest BCUT2D eigenvalue weighted by molar-refractivity contribution is 0.102. The van der Waals surface area contributed by atoms with Crippen molar-refractivity contribution in [2.45, 2.75) is 0 Å². The third-order valence-corrected chi connectivity index (χ3v) is 2.87. The second-order valence-corrected chi connectivity index (χ2v) is 4.11. The molecule has 0 aliphatic carbocycles. The number of hydrogen-bond acceptors (Lipinski definition) is 5. The van der Waals surface area contributed by atoms with Crippen molar-refractivity contribution in [2.75, 3.05) is 18.2 Å². The van der Waals surface area contributed by atoms with Crippen LogP contribution in [0.4, 0.5) is 10.8 Å². The second-order valence-electron chi connectivity index (χ2n) is 3.21. The van der Waals surface area contributed by atoms with Gasteiger partial charge < -0.3 is 10.5 Å². The van der Waals surface area contributed by atoms with Gasteiger partial charge in [-0.2, -0.15) is 0 Å². The number of carbonyl (C=O) groups is 1. The molecule has 1 amide bonds. The summed E-state index contributed by atoms with van der Waals surface area (Å²) in [7, 11) is 1.51. The smallest absolute Gasteiger partial charge is 0.259 e. The van der Waals surface area contributed by atoms with E-state index in [1.165, 1.54) is 18.4 Å². The van der Waals surface area contributed by atoms with E-state index in [9.17, 15) is 4.79 Å². The Kier molecular flexibility index (Phi) is 3.24. The first-order valence-electron chi connectivity index (χ1n) is 4.85. The van der Waals surface area contributed by atoms with Crippen molar-refractivity contribution in [1.29, 1.82) is 0 Å². The fourth-order valence-electron chi connectivity index (χ4n) is 1.37. The zero-order valence-electron chi connectivity index (χ0n) is 9.14. The van der Waals surface area contributed by atoms with Gasteiger partial charge in [0.2, 0.25) is 0 Å². The Hall–Kier alpha value is -2.08. The van der Waals surface area contributed by atoms with Crippen LogP contribution in [0, 0.1) is 0 Å². The molecule has 0 saturated carbocycles. The first-order valence-corrected chi connectivity index (χ1v) is 5.73. The van der Waals surface area contributed by atoms with Crippen LogP contribution in [0.5, 0.6) is 5.75 Å². The third kappa shape index (κ3) is 2.36. The number of anilines is 2. The minimum atomic E-state index is -0.295. The van der Waals surface area contributed by atoms with Gasteiger partial charge in [0.05, 0.1) is 18.4 Å². The first-order chi connectivity index (χ1) is 8.22. The highest BCUT2D eigenvalue weighted by atomic mass is 32.1. The zero-order valence-corrected chi connectivity index (χ0v) is 9.95. The normalized spacial score (nSPS) is 9.94. The van der Waals surface area contributed by atoms with Crippen LogP contribution in [0.2, 0.25) is 0 Å². The Morgan fingerprint density at radius 1 is 1.53 bits per heavy atom. The summed E-state index contributed by atoms with van der Waals surface area (Å²) in [6.07, 6.45) is 1.62. The molecule has 6 heteroatoms. The Morgan fingerprint density at radius 2 is 2.35 bits per heavy atom. The second kappa shape index (κ2) is 4.84. The minimum absolute atomic E-state index is 0.295. The lowest BCUT2D eigenvalue weighted by atomic mass is 10.1. The molecule has 0 bridgehead atoms. The summed E-state index contributed by atoms with van der Waals surface area (Å²) in [4.78, 5) is 15.9. The number of amides is 1. The zero-order chi connectivity index (χ0) is 12.3. The van der Waals surface area contributed by atoms with Gasteiger partial charge in [-0.05, 0) is 12.1 Å². The van der Waals surface area contributed by atoms with Crippen molar-refractivity contribution in [2.24, 2.45) is 0 Å². The summed E-state index contributed by atoms with van der Waals surface area (Å²) in [5.41, 5.74) is 6.52. The highest BCUT2D eigenvalue weighted by Gasteiger charge is 2.13. The maximum absolute atomic E-state index is 11.9. The maximum atomic E-state index is 11.9. The number of para-hydroxylation sites is 1. The van der Waals surface area contributed by atoms with Crippen molar-refractivity contribution in [1.82, 2.24) is 4.98 Å². The minimum Gasteiger partial charge on any atom is -0.495 e. The van der Waals surface area contributed by atoms with E-state index in [1.54, 1.807) is 29.8 Å². The molecule has 5 nitrogen and oxygen atoms in total. The topological polar surface area (TPSA) is 77.2 Å². The largest absolute Gasteiger partial charge is 0.495 e. The molecule has 0 spiro atoms. The molecule has 1 aromatic heterocycles. The average molecular weight is 249 g/mol. The molecule has 2 rings (SSSR count). The fourth-order valence-corrected chi connectivity index (χ4v) is 1.89. The lowest BCUT2D eigenvalue weighted by Gasteiger charge is -2.08. The summed E-state index contributed by atoms with van der Waals surface area (Å²) in [6, 6.07) is 5.06. The van der Waals surface area contributed by atoms with E-state index in [4.69, 9.17) is 10.5 Å². The highest BCUT2D eigenvalue weighted by molar-refractivity contribution is 7.13. The SMILES string of the molecule is COc1cccc(C(=O)Nc2nccs2)c1N. The summed E-state index contributed by atoms with van der Waals surface area (Å²) in [6.45, 7) is 0. The van der Waals surface area contributed by atoms with E-state index in [-0.39, 0.29) is 5.91 Å². The van der Waals surface area contributed by atoms with Crippen molar-refractivity contribution >= 4 is 28.1 Å². The molecule has 1 aromatic carbocycles. The van der Waals surface area contributed by atoms with Gasteiger partial charge in [-0.25, -0.2) is 4.98 Å². The van der Waals surface area contributed by atoms with Crippen molar-refractivity contribution < 1.29 is 9.53 Å². The quantitative estimate of drug-likeness (QED) is 0.815. The number of thiazole rings is 1. The van der Waals surface area contributed by atoms with Gasteiger partial charge in [0, 0.05) is 11.6 Å². The van der Waals surface area contributed by atoms with Crippen LogP contribution in [0.25, 0.3) is 0 Å². The number of hydrogen-bond donors (Lipinski definition) is 2. The molecule has 0 aliphatic heterocycles. The number of ether oxygens (including phenoxy) is 1.